The van der Waals surface area contributed by atoms with E-state index in [9.17, 15) is 9.59 Å². The van der Waals surface area contributed by atoms with E-state index < -0.39 is 11.6 Å². The summed E-state index contributed by atoms with van der Waals surface area (Å²) in [4.78, 5) is 29.4. The number of hydrogen-bond acceptors (Lipinski definition) is 6. The first-order chi connectivity index (χ1) is 14.7. The molecule has 164 valence electrons. The van der Waals surface area contributed by atoms with Crippen molar-refractivity contribution >= 4 is 22.7 Å². The number of nitrogens with two attached hydrogens (primary N) is 1. The monoisotopic (exact) mass is 428 g/mol. The maximum absolute atomic E-state index is 15.3. The number of rotatable bonds is 7. The van der Waals surface area contributed by atoms with Crippen LogP contribution in [0.3, 0.4) is 0 Å². The third kappa shape index (κ3) is 5.20. The molecule has 0 bridgehead atoms. The predicted octanol–water partition coefficient (Wildman–Crippen LogP) is 2.74. The van der Waals surface area contributed by atoms with Gasteiger partial charge in [0.1, 0.15) is 30.2 Å². The number of primary amides is 1. The van der Waals surface area contributed by atoms with Crippen LogP contribution in [0.4, 0.5) is 4.39 Å². The number of likely N-dealkylation sites (tertiary alicyclic amines) is 1. The van der Waals surface area contributed by atoms with Crippen LogP contribution in [0.15, 0.2) is 24.4 Å². The van der Waals surface area contributed by atoms with Crippen molar-refractivity contribution in [2.45, 2.75) is 44.9 Å². The second kappa shape index (κ2) is 9.16. The van der Waals surface area contributed by atoms with Crippen molar-refractivity contribution in [2.75, 3.05) is 19.7 Å². The van der Waals surface area contributed by atoms with E-state index in [0.717, 1.165) is 0 Å². The van der Waals surface area contributed by atoms with Gasteiger partial charge in [0.2, 0.25) is 5.91 Å². The Morgan fingerprint density at radius 2 is 2.03 bits per heavy atom. The topological polar surface area (TPSA) is 119 Å². The first-order valence-electron chi connectivity index (χ1n) is 10.1. The average Bonchev–Trinajstić information content (AvgIpc) is 2.72. The summed E-state index contributed by atoms with van der Waals surface area (Å²) in [6, 6.07) is 6.61. The van der Waals surface area contributed by atoms with Crippen molar-refractivity contribution < 1.29 is 23.5 Å². The number of amides is 2. The standard InChI is InChI=1S/C22H25FN4O4/c1-14(2)31-19-12-15-17(11-16(19)21(25)29)26-8-4-18(15)30-13-22(23)5-9-27(10-6-22)20(28)3-7-24/h4,8,11-12,14H,3,5-6,9-10,13H2,1-2H3,(H2,25,29). The van der Waals surface area contributed by atoms with Crippen LogP contribution in [-0.4, -0.2) is 53.2 Å². The van der Waals surface area contributed by atoms with Gasteiger partial charge in [-0.1, -0.05) is 0 Å². The molecule has 1 aliphatic rings. The van der Waals surface area contributed by atoms with Gasteiger partial charge >= 0.3 is 0 Å². The van der Waals surface area contributed by atoms with Gasteiger partial charge in [-0.05, 0) is 32.0 Å². The number of carbonyl (C=O) groups is 2. The van der Waals surface area contributed by atoms with Crippen molar-refractivity contribution in [3.05, 3.63) is 30.0 Å². The molecule has 3 rings (SSSR count). The van der Waals surface area contributed by atoms with Crippen molar-refractivity contribution in [1.82, 2.24) is 9.88 Å². The van der Waals surface area contributed by atoms with Gasteiger partial charge in [-0.3, -0.25) is 14.6 Å². The molecule has 0 atom stereocenters. The summed E-state index contributed by atoms with van der Waals surface area (Å²) in [5.41, 5.74) is 4.57. The second-order valence-corrected chi connectivity index (χ2v) is 7.86. The van der Waals surface area contributed by atoms with E-state index in [1.165, 1.54) is 17.2 Å². The van der Waals surface area contributed by atoms with Gasteiger partial charge in [-0.15, -0.1) is 0 Å². The van der Waals surface area contributed by atoms with E-state index >= 15 is 4.39 Å². The number of nitriles is 1. The number of aromatic nitrogens is 1. The van der Waals surface area contributed by atoms with E-state index in [-0.39, 0.29) is 56.5 Å². The van der Waals surface area contributed by atoms with Crippen LogP contribution in [0, 0.1) is 11.3 Å². The number of alkyl halides is 1. The Hall–Kier alpha value is -3.41. The van der Waals surface area contributed by atoms with Gasteiger partial charge in [-0.2, -0.15) is 5.26 Å². The SMILES string of the molecule is CC(C)Oc1cc2c(OCC3(F)CCN(C(=O)CC#N)CC3)ccnc2cc1C(N)=O. The van der Waals surface area contributed by atoms with Gasteiger partial charge in [0.15, 0.2) is 0 Å². The predicted molar refractivity (Wildman–Crippen MR) is 111 cm³/mol. The zero-order valence-electron chi connectivity index (χ0n) is 17.6. The van der Waals surface area contributed by atoms with Gasteiger partial charge in [0.05, 0.1) is 23.3 Å². The number of benzene rings is 1. The summed E-state index contributed by atoms with van der Waals surface area (Å²) in [7, 11) is 0. The largest absolute Gasteiger partial charge is 0.490 e. The Bertz CT molecular complexity index is 1030. The van der Waals surface area contributed by atoms with Crippen LogP contribution >= 0.6 is 0 Å². The van der Waals surface area contributed by atoms with Crippen LogP contribution < -0.4 is 15.2 Å². The lowest BCUT2D eigenvalue weighted by Crippen LogP contribution is -2.47. The first kappa shape index (κ1) is 22.3. The molecule has 2 aromatic rings. The Morgan fingerprint density at radius 1 is 1.32 bits per heavy atom. The molecule has 1 aliphatic heterocycles. The molecule has 8 nitrogen and oxygen atoms in total. The fraction of sp³-hybridized carbons (Fsp3) is 0.455. The molecule has 2 amide bonds. The molecule has 31 heavy (non-hydrogen) atoms. The lowest BCUT2D eigenvalue weighted by Gasteiger charge is -2.36. The Labute approximate surface area is 179 Å². The number of hydrogen-bond donors (Lipinski definition) is 1. The van der Waals surface area contributed by atoms with Gasteiger partial charge in [0.25, 0.3) is 5.91 Å². The highest BCUT2D eigenvalue weighted by atomic mass is 19.1. The number of piperidine rings is 1. The molecule has 1 aromatic heterocycles. The lowest BCUT2D eigenvalue weighted by atomic mass is 9.94. The molecule has 1 saturated heterocycles. The minimum atomic E-state index is -1.59. The zero-order chi connectivity index (χ0) is 22.6. The molecule has 0 radical (unpaired) electrons. The number of carbonyl (C=O) groups excluding carboxylic acids is 2. The van der Waals surface area contributed by atoms with Crippen molar-refractivity contribution in [3.63, 3.8) is 0 Å². The van der Waals surface area contributed by atoms with Crippen LogP contribution in [-0.2, 0) is 4.79 Å². The van der Waals surface area contributed by atoms with Crippen LogP contribution in [0.1, 0.15) is 43.5 Å². The number of pyridine rings is 1. The lowest BCUT2D eigenvalue weighted by molar-refractivity contribution is -0.133. The highest BCUT2D eigenvalue weighted by molar-refractivity contribution is 6.01. The second-order valence-electron chi connectivity index (χ2n) is 7.86. The zero-order valence-corrected chi connectivity index (χ0v) is 17.6. The van der Waals surface area contributed by atoms with Gasteiger partial charge in [-0.25, -0.2) is 4.39 Å². The summed E-state index contributed by atoms with van der Waals surface area (Å²) in [5, 5.41) is 9.23. The molecule has 0 aliphatic carbocycles. The molecule has 2 N–H and O–H groups in total. The summed E-state index contributed by atoms with van der Waals surface area (Å²) < 4.78 is 26.8. The van der Waals surface area contributed by atoms with E-state index in [4.69, 9.17) is 20.5 Å². The van der Waals surface area contributed by atoms with Crippen LogP contribution in [0.25, 0.3) is 10.9 Å². The van der Waals surface area contributed by atoms with E-state index in [1.807, 2.05) is 19.9 Å². The maximum atomic E-state index is 15.3. The third-order valence-corrected chi connectivity index (χ3v) is 5.16. The molecular formula is C22H25FN4O4. The van der Waals surface area contributed by atoms with Crippen molar-refractivity contribution in [3.8, 4) is 17.6 Å². The smallest absolute Gasteiger partial charge is 0.252 e. The van der Waals surface area contributed by atoms with E-state index in [0.29, 0.717) is 22.4 Å². The number of nitrogens with zero attached hydrogens (tertiary/aromatic N) is 3. The molecule has 1 aromatic carbocycles. The maximum Gasteiger partial charge on any atom is 0.252 e. The molecular weight excluding hydrogens is 403 g/mol. The minimum absolute atomic E-state index is 0.126. The molecule has 9 heteroatoms. The Morgan fingerprint density at radius 3 is 2.65 bits per heavy atom. The third-order valence-electron chi connectivity index (χ3n) is 5.16. The van der Waals surface area contributed by atoms with Gasteiger partial charge < -0.3 is 20.1 Å². The molecule has 0 saturated carbocycles. The summed E-state index contributed by atoms with van der Waals surface area (Å²) in [6.45, 7) is 3.95. The molecule has 1 fully saturated rings. The molecule has 0 unspecified atom stereocenters. The van der Waals surface area contributed by atoms with Crippen LogP contribution in [0.2, 0.25) is 0 Å². The first-order valence-corrected chi connectivity index (χ1v) is 10.1. The molecule has 2 heterocycles. The number of halogens is 1. The average molecular weight is 428 g/mol. The van der Waals surface area contributed by atoms with E-state index in [2.05, 4.69) is 4.98 Å². The van der Waals surface area contributed by atoms with Crippen molar-refractivity contribution in [2.24, 2.45) is 5.73 Å². The summed E-state index contributed by atoms with van der Waals surface area (Å²) in [6.07, 6.45) is 1.38. The summed E-state index contributed by atoms with van der Waals surface area (Å²) in [5.74, 6) is -0.193. The molecule has 0 spiro atoms. The number of ether oxygens (including phenoxy) is 2. The Balaban J connectivity index is 1.78. The fourth-order valence-electron chi connectivity index (χ4n) is 3.51. The number of fused-ring (bicyclic) bond motifs is 1. The minimum Gasteiger partial charge on any atom is -0.490 e. The van der Waals surface area contributed by atoms with Crippen molar-refractivity contribution in [1.29, 1.82) is 5.26 Å². The highest BCUT2D eigenvalue weighted by Gasteiger charge is 2.37. The summed E-state index contributed by atoms with van der Waals surface area (Å²) >= 11 is 0. The fourth-order valence-corrected chi connectivity index (χ4v) is 3.51. The quantitative estimate of drug-likeness (QED) is 0.724. The van der Waals surface area contributed by atoms with Gasteiger partial charge in [0, 0.05) is 37.5 Å². The van der Waals surface area contributed by atoms with Crippen LogP contribution in [0.5, 0.6) is 11.5 Å². The normalized spacial score (nSPS) is 15.5. The highest BCUT2D eigenvalue weighted by Crippen LogP contribution is 2.33. The van der Waals surface area contributed by atoms with E-state index in [1.54, 1.807) is 12.1 Å². The Kier molecular flexibility index (Phi) is 6.59.